The van der Waals surface area contributed by atoms with E-state index >= 15 is 0 Å². The van der Waals surface area contributed by atoms with Gasteiger partial charge in [-0.25, -0.2) is 0 Å². The minimum Gasteiger partial charge on any atom is -0.339 e. The molecule has 3 aromatic rings. The normalized spacial score (nSPS) is 17.9. The number of fused-ring (bicyclic) bond motifs is 2. The monoisotopic (exact) mass is 605 g/mol. The molecule has 2 aromatic carbocycles. The number of rotatable bonds is 9. The van der Waals surface area contributed by atoms with Crippen molar-refractivity contribution in [3.8, 4) is 0 Å². The summed E-state index contributed by atoms with van der Waals surface area (Å²) < 4.78 is 0. The van der Waals surface area contributed by atoms with E-state index in [1.165, 1.54) is 25.7 Å². The molecule has 0 bridgehead atoms. The topological polar surface area (TPSA) is 62.3 Å². The standard InChI is InChI=1S/C35H44ClN3O2S/c1-3-4-5-9-24-18-20-39(21-19-24)35(41)34-27-11-6-7-13-29(27)37-30-16-14-25(10-8-12-28(30)34)22-33(40)38-31-23-26(36)15-17-32(31)42-2/h6-7,11,13,15,17,23-25H,3-5,8-10,12,14,16,18-22H2,1-2H3,(H,38,40). The number of carbonyl (C=O) groups excluding carboxylic acids is 2. The molecular weight excluding hydrogens is 562 g/mol. The highest BCUT2D eigenvalue weighted by Crippen LogP contribution is 2.34. The van der Waals surface area contributed by atoms with Gasteiger partial charge in [-0.05, 0) is 92.9 Å². The highest BCUT2D eigenvalue weighted by molar-refractivity contribution is 7.98. The van der Waals surface area contributed by atoms with Gasteiger partial charge in [-0.1, -0.05) is 62.4 Å². The Hall–Kier alpha value is -2.57. The molecule has 2 amide bonds. The van der Waals surface area contributed by atoms with Crippen LogP contribution >= 0.6 is 23.4 Å². The van der Waals surface area contributed by atoms with E-state index in [1.807, 2.05) is 42.7 Å². The first-order valence-corrected chi connectivity index (χ1v) is 17.4. The van der Waals surface area contributed by atoms with Gasteiger partial charge in [0, 0.05) is 40.5 Å². The average Bonchev–Trinajstić information content (AvgIpc) is 2.98. The van der Waals surface area contributed by atoms with Crippen molar-refractivity contribution in [3.05, 3.63) is 64.3 Å². The summed E-state index contributed by atoms with van der Waals surface area (Å²) in [7, 11) is 0. The number of likely N-dealkylation sites (tertiary alicyclic amines) is 1. The quantitative estimate of drug-likeness (QED) is 0.195. The number of halogens is 1. The Morgan fingerprint density at radius 2 is 1.83 bits per heavy atom. The van der Waals surface area contributed by atoms with E-state index in [4.69, 9.17) is 16.6 Å². The predicted molar refractivity (Wildman–Crippen MR) is 176 cm³/mol. The zero-order chi connectivity index (χ0) is 29.5. The van der Waals surface area contributed by atoms with E-state index < -0.39 is 0 Å². The van der Waals surface area contributed by atoms with E-state index in [9.17, 15) is 9.59 Å². The number of hydrogen-bond acceptors (Lipinski definition) is 4. The Morgan fingerprint density at radius 3 is 2.62 bits per heavy atom. The van der Waals surface area contributed by atoms with Crippen LogP contribution in [0.25, 0.3) is 10.9 Å². The molecule has 1 saturated heterocycles. The van der Waals surface area contributed by atoms with Gasteiger partial charge >= 0.3 is 0 Å². The molecule has 0 spiro atoms. The van der Waals surface area contributed by atoms with Crippen LogP contribution in [0.15, 0.2) is 47.4 Å². The molecule has 1 aliphatic carbocycles. The van der Waals surface area contributed by atoms with Gasteiger partial charge in [0.15, 0.2) is 0 Å². The van der Waals surface area contributed by atoms with Gasteiger partial charge in [0.25, 0.3) is 5.91 Å². The zero-order valence-electron chi connectivity index (χ0n) is 25.1. The number of piperidine rings is 1. The molecule has 0 saturated carbocycles. The minimum absolute atomic E-state index is 0.0267. The second kappa shape index (κ2) is 14.7. The van der Waals surface area contributed by atoms with Crippen molar-refractivity contribution < 1.29 is 9.59 Å². The van der Waals surface area contributed by atoms with Crippen molar-refractivity contribution in [2.45, 2.75) is 88.9 Å². The summed E-state index contributed by atoms with van der Waals surface area (Å²) >= 11 is 7.79. The van der Waals surface area contributed by atoms with Gasteiger partial charge in [0.2, 0.25) is 5.91 Å². The molecule has 1 aliphatic heterocycles. The van der Waals surface area contributed by atoms with Crippen LogP contribution in [0.1, 0.15) is 92.7 Å². The van der Waals surface area contributed by atoms with Gasteiger partial charge in [-0.2, -0.15) is 0 Å². The van der Waals surface area contributed by atoms with E-state index in [0.717, 1.165) is 102 Å². The van der Waals surface area contributed by atoms with Gasteiger partial charge in [-0.15, -0.1) is 11.8 Å². The fraction of sp³-hybridized carbons (Fsp3) is 0.514. The molecule has 42 heavy (non-hydrogen) atoms. The highest BCUT2D eigenvalue weighted by atomic mass is 35.5. The van der Waals surface area contributed by atoms with E-state index in [0.29, 0.717) is 11.4 Å². The number of thioether (sulfide) groups is 1. The maximum absolute atomic E-state index is 14.1. The number of para-hydroxylation sites is 1. The molecule has 0 radical (unpaired) electrons. The first-order chi connectivity index (χ1) is 20.5. The fourth-order valence-corrected chi connectivity index (χ4v) is 7.49. The lowest BCUT2D eigenvalue weighted by atomic mass is 9.84. The van der Waals surface area contributed by atoms with Gasteiger partial charge in [0.05, 0.1) is 16.8 Å². The molecule has 7 heteroatoms. The number of benzene rings is 2. The minimum atomic E-state index is 0.0267. The SMILES string of the molecule is CCCCCC1CCN(C(=O)c2c3c(nc4ccccc24)CCC(CC(=O)Nc2cc(Cl)ccc2SC)CCC3)CC1. The predicted octanol–water partition coefficient (Wildman–Crippen LogP) is 8.96. The maximum atomic E-state index is 14.1. The number of pyridine rings is 1. The Bertz CT molecular complexity index is 1400. The Labute approximate surface area is 260 Å². The van der Waals surface area contributed by atoms with Gasteiger partial charge < -0.3 is 10.2 Å². The summed E-state index contributed by atoms with van der Waals surface area (Å²) in [6.07, 6.45) is 14.2. The molecule has 5 rings (SSSR count). The number of aromatic nitrogens is 1. The third kappa shape index (κ3) is 7.49. The summed E-state index contributed by atoms with van der Waals surface area (Å²) in [5, 5.41) is 4.69. The number of anilines is 1. The van der Waals surface area contributed by atoms with Crippen molar-refractivity contribution >= 4 is 51.8 Å². The average molecular weight is 606 g/mol. The van der Waals surface area contributed by atoms with Crippen LogP contribution in [-0.4, -0.2) is 41.0 Å². The number of amides is 2. The second-order valence-electron chi connectivity index (χ2n) is 12.1. The second-order valence-corrected chi connectivity index (χ2v) is 13.3. The van der Waals surface area contributed by atoms with E-state index in [1.54, 1.807) is 11.8 Å². The van der Waals surface area contributed by atoms with Crippen LogP contribution in [-0.2, 0) is 17.6 Å². The Morgan fingerprint density at radius 1 is 1.02 bits per heavy atom. The molecule has 5 nitrogen and oxygen atoms in total. The number of carbonyl (C=O) groups is 2. The molecule has 1 unspecified atom stereocenters. The van der Waals surface area contributed by atoms with Crippen molar-refractivity contribution in [1.82, 2.24) is 9.88 Å². The Balaban J connectivity index is 1.30. The lowest BCUT2D eigenvalue weighted by Gasteiger charge is -2.33. The molecule has 2 heterocycles. The molecule has 1 fully saturated rings. The molecule has 1 aromatic heterocycles. The summed E-state index contributed by atoms with van der Waals surface area (Å²) in [6.45, 7) is 3.96. The number of nitrogens with zero attached hydrogens (tertiary/aromatic N) is 2. The first-order valence-electron chi connectivity index (χ1n) is 15.8. The van der Waals surface area contributed by atoms with Crippen LogP contribution in [0.5, 0.6) is 0 Å². The van der Waals surface area contributed by atoms with Crippen molar-refractivity contribution in [2.24, 2.45) is 11.8 Å². The Kier molecular flexibility index (Phi) is 10.8. The van der Waals surface area contributed by atoms with E-state index in [2.05, 4.69) is 23.2 Å². The van der Waals surface area contributed by atoms with Crippen LogP contribution in [0.3, 0.4) is 0 Å². The maximum Gasteiger partial charge on any atom is 0.254 e. The molecule has 1 atom stereocenters. The smallest absolute Gasteiger partial charge is 0.254 e. The lowest BCUT2D eigenvalue weighted by molar-refractivity contribution is -0.117. The van der Waals surface area contributed by atoms with Crippen LogP contribution in [0.4, 0.5) is 5.69 Å². The molecule has 1 N–H and O–H groups in total. The first kappa shape index (κ1) is 30.9. The summed E-state index contributed by atoms with van der Waals surface area (Å²) in [5.41, 5.74) is 4.72. The largest absolute Gasteiger partial charge is 0.339 e. The van der Waals surface area contributed by atoms with Crippen LogP contribution in [0.2, 0.25) is 5.02 Å². The highest BCUT2D eigenvalue weighted by Gasteiger charge is 2.29. The molecule has 224 valence electrons. The number of hydrogen-bond donors (Lipinski definition) is 1. The molecule has 2 aliphatic rings. The third-order valence-corrected chi connectivity index (χ3v) is 10.2. The van der Waals surface area contributed by atoms with Crippen molar-refractivity contribution in [3.63, 3.8) is 0 Å². The fourth-order valence-electron chi connectivity index (χ4n) is 6.79. The zero-order valence-corrected chi connectivity index (χ0v) is 26.7. The van der Waals surface area contributed by atoms with Gasteiger partial charge in [0.1, 0.15) is 0 Å². The van der Waals surface area contributed by atoms with Crippen molar-refractivity contribution in [2.75, 3.05) is 24.7 Å². The number of unbranched alkanes of at least 4 members (excludes halogenated alkanes) is 2. The summed E-state index contributed by atoms with van der Waals surface area (Å²) in [5.74, 6) is 1.23. The van der Waals surface area contributed by atoms with E-state index in [-0.39, 0.29) is 17.7 Å². The van der Waals surface area contributed by atoms with Crippen LogP contribution < -0.4 is 5.32 Å². The number of nitrogens with one attached hydrogen (secondary N) is 1. The lowest BCUT2D eigenvalue weighted by Crippen LogP contribution is -2.39. The van der Waals surface area contributed by atoms with Crippen LogP contribution in [0, 0.1) is 11.8 Å². The summed E-state index contributed by atoms with van der Waals surface area (Å²) in [6, 6.07) is 13.7. The molecular formula is C35H44ClN3O2S. The number of aryl methyl sites for hydroxylation is 1. The van der Waals surface area contributed by atoms with Crippen molar-refractivity contribution in [1.29, 1.82) is 0 Å². The third-order valence-electron chi connectivity index (χ3n) is 9.15. The summed E-state index contributed by atoms with van der Waals surface area (Å²) in [4.78, 5) is 35.4. The van der Waals surface area contributed by atoms with Gasteiger partial charge in [-0.3, -0.25) is 14.6 Å².